The maximum absolute atomic E-state index is 13.3. The van der Waals surface area contributed by atoms with Gasteiger partial charge in [0.25, 0.3) is 5.91 Å². The number of hydrogen-bond donors (Lipinski definition) is 2. The minimum absolute atomic E-state index is 0.251. The van der Waals surface area contributed by atoms with Crippen molar-refractivity contribution >= 4 is 44.2 Å². The molecule has 3 aliphatic heterocycles. The molecule has 3 aliphatic rings. The number of amides is 1. The Labute approximate surface area is 214 Å². The molecule has 2 fully saturated rings. The SMILES string of the molecule is Cc1ncccc1C1NC(C(=O)Nc2cc3sc(N4CCCCC4)nc3nc2N2CCCCC2)=CO1. The summed E-state index contributed by atoms with van der Waals surface area (Å²) in [6, 6.07) is 5.85. The molecule has 2 N–H and O–H groups in total. The maximum Gasteiger partial charge on any atom is 0.275 e. The molecular formula is C26H31N7O2S. The molecule has 9 nitrogen and oxygen atoms in total. The van der Waals surface area contributed by atoms with Gasteiger partial charge in [0.1, 0.15) is 12.0 Å². The van der Waals surface area contributed by atoms with E-state index in [4.69, 9.17) is 14.7 Å². The quantitative estimate of drug-likeness (QED) is 0.524. The Morgan fingerprint density at radius 2 is 1.83 bits per heavy atom. The third-order valence-electron chi connectivity index (χ3n) is 7.07. The van der Waals surface area contributed by atoms with Gasteiger partial charge in [-0.3, -0.25) is 9.78 Å². The van der Waals surface area contributed by atoms with E-state index in [1.54, 1.807) is 17.5 Å². The Morgan fingerprint density at radius 1 is 1.08 bits per heavy atom. The van der Waals surface area contributed by atoms with Crippen molar-refractivity contribution in [2.24, 2.45) is 0 Å². The van der Waals surface area contributed by atoms with Crippen LogP contribution in [0.2, 0.25) is 0 Å². The zero-order chi connectivity index (χ0) is 24.5. The predicted molar refractivity (Wildman–Crippen MR) is 142 cm³/mol. The highest BCUT2D eigenvalue weighted by Crippen LogP contribution is 2.36. The lowest BCUT2D eigenvalue weighted by molar-refractivity contribution is -0.113. The number of ether oxygens (including phenoxy) is 1. The molecule has 10 heteroatoms. The standard InChI is InChI=1S/C26H31N7O2S/c1-17-18(9-8-10-27-17)25-29-20(16-35-25)24(34)28-19-15-21-22(30-23(19)32-11-4-2-5-12-32)31-26(36-21)33-13-6-3-7-14-33/h8-10,15-16,25,29H,2-7,11-14H2,1H3,(H,28,34). The van der Waals surface area contributed by atoms with Crippen molar-refractivity contribution in [1.82, 2.24) is 20.3 Å². The topological polar surface area (TPSA) is 95.5 Å². The van der Waals surface area contributed by atoms with Crippen LogP contribution in [0.15, 0.2) is 36.4 Å². The smallest absolute Gasteiger partial charge is 0.275 e. The van der Waals surface area contributed by atoms with E-state index in [1.807, 2.05) is 25.1 Å². The van der Waals surface area contributed by atoms with Gasteiger partial charge in [-0.15, -0.1) is 0 Å². The molecule has 0 spiro atoms. The zero-order valence-electron chi connectivity index (χ0n) is 20.5. The van der Waals surface area contributed by atoms with E-state index < -0.39 is 6.23 Å². The Balaban J connectivity index is 1.26. The number of aryl methyl sites for hydroxylation is 1. The molecule has 0 radical (unpaired) electrons. The first-order valence-corrected chi connectivity index (χ1v) is 13.6. The Hall–Kier alpha value is -3.40. The lowest BCUT2D eigenvalue weighted by atomic mass is 10.1. The molecule has 0 aromatic carbocycles. The number of aromatic nitrogens is 3. The number of carbonyl (C=O) groups is 1. The summed E-state index contributed by atoms with van der Waals surface area (Å²) >= 11 is 1.65. The number of piperidine rings is 2. The number of anilines is 3. The van der Waals surface area contributed by atoms with Crippen molar-refractivity contribution in [1.29, 1.82) is 0 Å². The van der Waals surface area contributed by atoms with Gasteiger partial charge in [-0.1, -0.05) is 17.4 Å². The Bertz CT molecular complexity index is 1290. The van der Waals surface area contributed by atoms with E-state index in [2.05, 4.69) is 25.4 Å². The molecule has 188 valence electrons. The van der Waals surface area contributed by atoms with E-state index in [9.17, 15) is 4.79 Å². The lowest BCUT2D eigenvalue weighted by Gasteiger charge is -2.29. The number of nitrogens with one attached hydrogen (secondary N) is 2. The first kappa shape index (κ1) is 23.0. The number of thiazole rings is 1. The Morgan fingerprint density at radius 3 is 2.58 bits per heavy atom. The van der Waals surface area contributed by atoms with E-state index in [0.717, 1.165) is 71.6 Å². The minimum Gasteiger partial charge on any atom is -0.472 e. The molecule has 3 aromatic rings. The van der Waals surface area contributed by atoms with Crippen LogP contribution in [0.1, 0.15) is 56.0 Å². The summed E-state index contributed by atoms with van der Waals surface area (Å²) in [6.07, 6.45) is 9.95. The maximum atomic E-state index is 13.3. The number of hydrogen-bond acceptors (Lipinski definition) is 9. The largest absolute Gasteiger partial charge is 0.472 e. The summed E-state index contributed by atoms with van der Waals surface area (Å²) in [4.78, 5) is 32.1. The average molecular weight is 506 g/mol. The van der Waals surface area contributed by atoms with Gasteiger partial charge in [-0.2, -0.15) is 4.98 Å². The van der Waals surface area contributed by atoms with Gasteiger partial charge in [0, 0.05) is 43.6 Å². The fraction of sp³-hybridized carbons (Fsp3) is 0.462. The van der Waals surface area contributed by atoms with Crippen LogP contribution in [-0.4, -0.2) is 47.0 Å². The fourth-order valence-electron chi connectivity index (χ4n) is 5.08. The minimum atomic E-state index is -0.435. The molecule has 1 atom stereocenters. The van der Waals surface area contributed by atoms with Crippen molar-refractivity contribution in [3.8, 4) is 0 Å². The summed E-state index contributed by atoms with van der Waals surface area (Å²) in [5.74, 6) is 0.546. The molecule has 6 heterocycles. The van der Waals surface area contributed by atoms with Crippen LogP contribution in [-0.2, 0) is 9.53 Å². The van der Waals surface area contributed by atoms with Crippen molar-refractivity contribution in [2.45, 2.75) is 51.7 Å². The molecule has 0 bridgehead atoms. The number of fused-ring (bicyclic) bond motifs is 1. The molecule has 0 aliphatic carbocycles. The van der Waals surface area contributed by atoms with Crippen LogP contribution < -0.4 is 20.4 Å². The molecule has 1 amide bonds. The van der Waals surface area contributed by atoms with Crippen LogP contribution in [0.5, 0.6) is 0 Å². The van der Waals surface area contributed by atoms with Gasteiger partial charge in [0.2, 0.25) is 0 Å². The van der Waals surface area contributed by atoms with Crippen molar-refractivity contribution < 1.29 is 9.53 Å². The fourth-order valence-corrected chi connectivity index (χ4v) is 6.08. The van der Waals surface area contributed by atoms with E-state index in [-0.39, 0.29) is 5.91 Å². The van der Waals surface area contributed by atoms with Gasteiger partial charge in [-0.05, 0) is 57.6 Å². The number of nitrogens with zero attached hydrogens (tertiary/aromatic N) is 5. The van der Waals surface area contributed by atoms with Gasteiger partial charge in [-0.25, -0.2) is 4.98 Å². The molecular weight excluding hydrogens is 474 g/mol. The first-order chi connectivity index (χ1) is 17.7. The van der Waals surface area contributed by atoms with Gasteiger partial charge in [0.15, 0.2) is 22.8 Å². The molecule has 2 saturated heterocycles. The third kappa shape index (κ3) is 4.57. The summed E-state index contributed by atoms with van der Waals surface area (Å²) in [7, 11) is 0. The molecule has 0 saturated carbocycles. The predicted octanol–water partition coefficient (Wildman–Crippen LogP) is 4.47. The highest BCUT2D eigenvalue weighted by atomic mass is 32.1. The molecule has 1 unspecified atom stereocenters. The van der Waals surface area contributed by atoms with E-state index >= 15 is 0 Å². The lowest BCUT2D eigenvalue weighted by Crippen LogP contribution is -2.32. The second kappa shape index (κ2) is 9.93. The van der Waals surface area contributed by atoms with Gasteiger partial charge in [0.05, 0.1) is 10.4 Å². The number of pyridine rings is 2. The Kier molecular flexibility index (Phi) is 6.35. The molecule has 36 heavy (non-hydrogen) atoms. The number of rotatable bonds is 5. The highest BCUT2D eigenvalue weighted by Gasteiger charge is 2.27. The zero-order valence-corrected chi connectivity index (χ0v) is 21.3. The second-order valence-electron chi connectivity index (χ2n) is 9.60. The van der Waals surface area contributed by atoms with Crippen molar-refractivity contribution in [3.63, 3.8) is 0 Å². The average Bonchev–Trinajstić information content (AvgIpc) is 3.57. The van der Waals surface area contributed by atoms with Crippen LogP contribution in [0.3, 0.4) is 0 Å². The van der Waals surface area contributed by atoms with Crippen LogP contribution in [0, 0.1) is 6.92 Å². The number of carbonyl (C=O) groups excluding carboxylic acids is 1. The van der Waals surface area contributed by atoms with Crippen LogP contribution >= 0.6 is 11.3 Å². The summed E-state index contributed by atoms with van der Waals surface area (Å²) in [6.45, 7) is 5.87. The molecule has 6 rings (SSSR count). The van der Waals surface area contributed by atoms with Crippen LogP contribution in [0.25, 0.3) is 10.3 Å². The monoisotopic (exact) mass is 505 g/mol. The van der Waals surface area contributed by atoms with E-state index in [0.29, 0.717) is 11.4 Å². The second-order valence-corrected chi connectivity index (χ2v) is 10.6. The van der Waals surface area contributed by atoms with Crippen LogP contribution in [0.4, 0.5) is 16.6 Å². The molecule has 3 aromatic heterocycles. The normalized spacial score (nSPS) is 20.1. The highest BCUT2D eigenvalue weighted by molar-refractivity contribution is 7.22. The summed E-state index contributed by atoms with van der Waals surface area (Å²) in [5.41, 5.74) is 3.62. The van der Waals surface area contributed by atoms with Gasteiger partial charge < -0.3 is 25.2 Å². The summed E-state index contributed by atoms with van der Waals surface area (Å²) < 4.78 is 6.75. The van der Waals surface area contributed by atoms with E-state index in [1.165, 1.54) is 31.9 Å². The third-order valence-corrected chi connectivity index (χ3v) is 8.12. The summed E-state index contributed by atoms with van der Waals surface area (Å²) in [5, 5.41) is 7.32. The van der Waals surface area contributed by atoms with Crippen molar-refractivity contribution in [3.05, 3.63) is 47.6 Å². The van der Waals surface area contributed by atoms with Gasteiger partial charge >= 0.3 is 0 Å². The van der Waals surface area contributed by atoms with Crippen molar-refractivity contribution in [2.75, 3.05) is 41.3 Å². The first-order valence-electron chi connectivity index (χ1n) is 12.8.